The van der Waals surface area contributed by atoms with E-state index in [1.54, 1.807) is 6.92 Å². The predicted octanol–water partition coefficient (Wildman–Crippen LogP) is 3.43. The van der Waals surface area contributed by atoms with Crippen LogP contribution in [0.3, 0.4) is 0 Å². The number of fused-ring (bicyclic) bond motifs is 1. The molecule has 1 N–H and O–H groups in total. The molecule has 2 rings (SSSR count). The molecule has 1 nitrogen and oxygen atoms in total. The first kappa shape index (κ1) is 9.78. The summed E-state index contributed by atoms with van der Waals surface area (Å²) in [4.78, 5) is 0. The summed E-state index contributed by atoms with van der Waals surface area (Å²) in [5.41, 5.74) is 0.872. The lowest BCUT2D eigenvalue weighted by atomic mass is 10.0. The zero-order valence-electron chi connectivity index (χ0n) is 8.11. The summed E-state index contributed by atoms with van der Waals surface area (Å²) >= 11 is 6.05. The minimum absolute atomic E-state index is 0.361. The number of rotatable bonds is 0. The third kappa shape index (κ3) is 1.85. The first-order chi connectivity index (χ1) is 6.58. The van der Waals surface area contributed by atoms with Crippen molar-refractivity contribution in [2.75, 3.05) is 11.9 Å². The molecule has 1 atom stereocenters. The molecule has 3 heteroatoms. The second-order valence-corrected chi connectivity index (χ2v) is 4.44. The maximum Gasteiger partial charge on any atom is 0.125 e. The molecule has 1 heterocycles. The average Bonchev–Trinajstić information content (AvgIpc) is 2.27. The molecule has 76 valence electrons. The van der Waals surface area contributed by atoms with Crippen molar-refractivity contribution >= 4 is 17.3 Å². The Bertz CT molecular complexity index is 349. The molecule has 0 fully saturated rings. The molecule has 0 saturated carbocycles. The second kappa shape index (κ2) is 3.43. The van der Waals surface area contributed by atoms with E-state index in [2.05, 4.69) is 5.32 Å². The van der Waals surface area contributed by atoms with Gasteiger partial charge in [0, 0.05) is 17.3 Å². The van der Waals surface area contributed by atoms with Crippen LogP contribution in [0.25, 0.3) is 0 Å². The third-order valence-corrected chi connectivity index (χ3v) is 3.02. The molecule has 1 unspecified atom stereocenters. The zero-order chi connectivity index (χ0) is 10.2. The van der Waals surface area contributed by atoms with E-state index in [0.717, 1.165) is 16.3 Å². The summed E-state index contributed by atoms with van der Waals surface area (Å²) < 4.78 is 13.7. The van der Waals surface area contributed by atoms with Gasteiger partial charge in [-0.15, -0.1) is 0 Å². The smallest absolute Gasteiger partial charge is 0.125 e. The topological polar surface area (TPSA) is 12.0 Å². The summed E-state index contributed by atoms with van der Waals surface area (Å²) in [7, 11) is 0. The van der Waals surface area contributed by atoms with Crippen LogP contribution < -0.4 is 5.32 Å². The summed E-state index contributed by atoms with van der Waals surface area (Å²) in [6, 6.07) is 5.68. The van der Waals surface area contributed by atoms with Gasteiger partial charge in [-0.1, -0.05) is 17.7 Å². The van der Waals surface area contributed by atoms with Crippen molar-refractivity contribution in [1.82, 2.24) is 0 Å². The molecular formula is C11H13ClFN. The Morgan fingerprint density at radius 1 is 1.50 bits per heavy atom. The van der Waals surface area contributed by atoms with Crippen molar-refractivity contribution in [1.29, 1.82) is 0 Å². The fourth-order valence-electron chi connectivity index (χ4n) is 1.73. The van der Waals surface area contributed by atoms with E-state index < -0.39 is 5.67 Å². The first-order valence-corrected chi connectivity index (χ1v) is 5.16. The molecule has 1 aliphatic rings. The average molecular weight is 214 g/mol. The zero-order valence-corrected chi connectivity index (χ0v) is 8.87. The van der Waals surface area contributed by atoms with Crippen molar-refractivity contribution in [3.05, 3.63) is 28.8 Å². The van der Waals surface area contributed by atoms with Crippen LogP contribution in [0.15, 0.2) is 18.2 Å². The predicted molar refractivity (Wildman–Crippen MR) is 57.8 cm³/mol. The van der Waals surface area contributed by atoms with Gasteiger partial charge in [0.15, 0.2) is 0 Å². The largest absolute Gasteiger partial charge is 0.382 e. The van der Waals surface area contributed by atoms with Crippen LogP contribution >= 0.6 is 11.6 Å². The fraction of sp³-hybridized carbons (Fsp3) is 0.455. The van der Waals surface area contributed by atoms with Gasteiger partial charge in [-0.3, -0.25) is 0 Å². The third-order valence-electron chi connectivity index (χ3n) is 2.66. The Kier molecular flexibility index (Phi) is 2.40. The minimum Gasteiger partial charge on any atom is -0.382 e. The van der Waals surface area contributed by atoms with Crippen molar-refractivity contribution in [2.24, 2.45) is 0 Å². The maximum atomic E-state index is 13.7. The molecule has 0 radical (unpaired) electrons. The lowest BCUT2D eigenvalue weighted by Crippen LogP contribution is -2.26. The molecule has 0 spiro atoms. The Morgan fingerprint density at radius 3 is 3.07 bits per heavy atom. The number of anilines is 1. The number of hydrogen-bond acceptors (Lipinski definition) is 1. The van der Waals surface area contributed by atoms with Crippen molar-refractivity contribution < 1.29 is 4.39 Å². The van der Waals surface area contributed by atoms with Crippen molar-refractivity contribution in [3.63, 3.8) is 0 Å². The maximum absolute atomic E-state index is 13.7. The summed E-state index contributed by atoms with van der Waals surface area (Å²) in [6.07, 6.45) is 1.23. The van der Waals surface area contributed by atoms with E-state index in [9.17, 15) is 4.39 Å². The Labute approximate surface area is 88.3 Å². The lowest BCUT2D eigenvalue weighted by Gasteiger charge is -2.17. The SMILES string of the molecule is CC1(F)CCc2c(Cl)cccc2NC1. The van der Waals surface area contributed by atoms with Crippen LogP contribution in [0.2, 0.25) is 5.02 Å². The fourth-order valence-corrected chi connectivity index (χ4v) is 2.00. The highest BCUT2D eigenvalue weighted by Gasteiger charge is 2.27. The Morgan fingerprint density at radius 2 is 2.29 bits per heavy atom. The molecule has 0 bridgehead atoms. The monoisotopic (exact) mass is 213 g/mol. The molecule has 14 heavy (non-hydrogen) atoms. The van der Waals surface area contributed by atoms with Crippen LogP contribution in [0, 0.1) is 0 Å². The first-order valence-electron chi connectivity index (χ1n) is 4.79. The van der Waals surface area contributed by atoms with E-state index >= 15 is 0 Å². The van der Waals surface area contributed by atoms with Gasteiger partial charge < -0.3 is 5.32 Å². The van der Waals surface area contributed by atoms with Gasteiger partial charge in [0.05, 0.1) is 0 Å². The molecule has 1 aromatic carbocycles. The molecule has 0 aromatic heterocycles. The number of halogens is 2. The van der Waals surface area contributed by atoms with Gasteiger partial charge in [0.1, 0.15) is 5.67 Å². The highest BCUT2D eigenvalue weighted by molar-refractivity contribution is 6.31. The molecule has 1 aliphatic heterocycles. The molecule has 0 aliphatic carbocycles. The molecular weight excluding hydrogens is 201 g/mol. The minimum atomic E-state index is -1.14. The van der Waals surface area contributed by atoms with Gasteiger partial charge in [-0.05, 0) is 37.5 Å². The molecule has 1 aromatic rings. The normalized spacial score (nSPS) is 26.2. The Hall–Kier alpha value is -0.760. The van der Waals surface area contributed by atoms with E-state index in [0.29, 0.717) is 19.4 Å². The van der Waals surface area contributed by atoms with Crippen LogP contribution in [0.5, 0.6) is 0 Å². The number of hydrogen-bond donors (Lipinski definition) is 1. The van der Waals surface area contributed by atoms with E-state index in [-0.39, 0.29) is 0 Å². The van der Waals surface area contributed by atoms with Crippen molar-refractivity contribution in [2.45, 2.75) is 25.4 Å². The number of nitrogens with one attached hydrogen (secondary N) is 1. The highest BCUT2D eigenvalue weighted by atomic mass is 35.5. The van der Waals surface area contributed by atoms with Crippen LogP contribution in [0.4, 0.5) is 10.1 Å². The van der Waals surface area contributed by atoms with Gasteiger partial charge in [-0.25, -0.2) is 4.39 Å². The molecule has 0 amide bonds. The highest BCUT2D eigenvalue weighted by Crippen LogP contribution is 2.32. The number of alkyl halides is 1. The van der Waals surface area contributed by atoms with Gasteiger partial charge in [0.25, 0.3) is 0 Å². The second-order valence-electron chi connectivity index (χ2n) is 4.03. The quantitative estimate of drug-likeness (QED) is 0.696. The lowest BCUT2D eigenvalue weighted by molar-refractivity contribution is 0.195. The van der Waals surface area contributed by atoms with Gasteiger partial charge in [0.2, 0.25) is 0 Å². The van der Waals surface area contributed by atoms with Gasteiger partial charge in [-0.2, -0.15) is 0 Å². The summed E-state index contributed by atoms with van der Waals surface area (Å²) in [5.74, 6) is 0. The van der Waals surface area contributed by atoms with Crippen LogP contribution in [-0.4, -0.2) is 12.2 Å². The molecule has 0 saturated heterocycles. The van der Waals surface area contributed by atoms with E-state index in [4.69, 9.17) is 11.6 Å². The van der Waals surface area contributed by atoms with E-state index in [1.807, 2.05) is 18.2 Å². The standard InChI is InChI=1S/C11H13ClFN/c1-11(13)6-5-8-9(12)3-2-4-10(8)14-7-11/h2-4,14H,5-7H2,1H3. The van der Waals surface area contributed by atoms with Gasteiger partial charge >= 0.3 is 0 Å². The summed E-state index contributed by atoms with van der Waals surface area (Å²) in [5, 5.41) is 3.83. The van der Waals surface area contributed by atoms with Crippen molar-refractivity contribution in [3.8, 4) is 0 Å². The van der Waals surface area contributed by atoms with Crippen LogP contribution in [0.1, 0.15) is 18.9 Å². The van der Waals surface area contributed by atoms with E-state index in [1.165, 1.54) is 0 Å². The summed E-state index contributed by atoms with van der Waals surface area (Å²) in [6.45, 7) is 1.99. The van der Waals surface area contributed by atoms with Crippen LogP contribution in [-0.2, 0) is 6.42 Å². The Balaban J connectivity index is 2.34. The number of benzene rings is 1.